The molecule has 0 radical (unpaired) electrons. The summed E-state index contributed by atoms with van der Waals surface area (Å²) >= 11 is 0. The molecule has 2 aromatic carbocycles. The van der Waals surface area contributed by atoms with E-state index in [0.717, 1.165) is 24.3 Å². The Labute approximate surface area is 171 Å². The topological polar surface area (TPSA) is 71.4 Å². The highest BCUT2D eigenvalue weighted by Crippen LogP contribution is 2.52. The Hall–Kier alpha value is -3.41. The number of halogens is 2. The lowest BCUT2D eigenvalue weighted by Crippen LogP contribution is -2.45. The summed E-state index contributed by atoms with van der Waals surface area (Å²) in [6.45, 7) is 0. The van der Waals surface area contributed by atoms with Crippen LogP contribution in [0, 0.1) is 28.9 Å². The number of ketones is 2. The van der Waals surface area contributed by atoms with Crippen LogP contribution in [0.1, 0.15) is 33.6 Å². The second kappa shape index (κ2) is 7.44. The first-order valence-corrected chi connectivity index (χ1v) is 9.57. The van der Waals surface area contributed by atoms with Crippen molar-refractivity contribution in [2.24, 2.45) is 17.3 Å². The number of carboxylic acid groups (broad SMARTS) is 1. The number of allylic oxidation sites excluding steroid dienone is 3. The van der Waals surface area contributed by atoms with Crippen molar-refractivity contribution < 1.29 is 28.3 Å². The van der Waals surface area contributed by atoms with Crippen molar-refractivity contribution >= 4 is 17.5 Å². The van der Waals surface area contributed by atoms with E-state index in [-0.39, 0.29) is 11.1 Å². The van der Waals surface area contributed by atoms with Crippen LogP contribution in [-0.2, 0) is 4.79 Å². The van der Waals surface area contributed by atoms with Crippen LogP contribution in [0.25, 0.3) is 0 Å². The maximum Gasteiger partial charge on any atom is 0.310 e. The van der Waals surface area contributed by atoms with E-state index in [1.54, 1.807) is 6.08 Å². The summed E-state index contributed by atoms with van der Waals surface area (Å²) in [6.07, 6.45) is 5.35. The smallest absolute Gasteiger partial charge is 0.310 e. The molecule has 1 saturated carbocycles. The monoisotopic (exact) mass is 408 g/mol. The van der Waals surface area contributed by atoms with E-state index in [1.165, 1.54) is 36.4 Å². The largest absolute Gasteiger partial charge is 0.481 e. The SMILES string of the molecule is O=C(O)C1CCC2C1=CC=CC2(C(=O)c1ccc(F)cc1)C(=O)c1ccc(F)cc1. The molecule has 0 amide bonds. The molecule has 0 saturated heterocycles. The minimum atomic E-state index is -1.68. The van der Waals surface area contributed by atoms with Crippen LogP contribution in [-0.4, -0.2) is 22.6 Å². The second-order valence-electron chi connectivity index (χ2n) is 7.59. The zero-order valence-corrected chi connectivity index (χ0v) is 15.8. The van der Waals surface area contributed by atoms with Gasteiger partial charge in [-0.1, -0.05) is 23.8 Å². The predicted molar refractivity (Wildman–Crippen MR) is 105 cm³/mol. The number of benzene rings is 2. The molecule has 152 valence electrons. The Morgan fingerprint density at radius 1 is 0.833 bits per heavy atom. The number of hydrogen-bond donors (Lipinski definition) is 1. The van der Waals surface area contributed by atoms with Gasteiger partial charge in [0, 0.05) is 17.0 Å². The molecule has 2 atom stereocenters. The normalized spacial score (nSPS) is 21.6. The molecule has 30 heavy (non-hydrogen) atoms. The van der Waals surface area contributed by atoms with E-state index in [4.69, 9.17) is 0 Å². The zero-order valence-electron chi connectivity index (χ0n) is 15.8. The first kappa shape index (κ1) is 19.9. The molecule has 4 rings (SSSR count). The van der Waals surface area contributed by atoms with Crippen LogP contribution in [0.3, 0.4) is 0 Å². The van der Waals surface area contributed by atoms with E-state index in [9.17, 15) is 28.3 Å². The van der Waals surface area contributed by atoms with E-state index >= 15 is 0 Å². The molecule has 0 heterocycles. The lowest BCUT2D eigenvalue weighted by atomic mass is 9.62. The van der Waals surface area contributed by atoms with Gasteiger partial charge in [0.05, 0.1) is 5.92 Å². The minimum Gasteiger partial charge on any atom is -0.481 e. The lowest BCUT2D eigenvalue weighted by molar-refractivity contribution is -0.140. The number of carbonyl (C=O) groups excluding carboxylic acids is 2. The molecule has 0 aliphatic heterocycles. The fourth-order valence-corrected chi connectivity index (χ4v) is 4.58. The summed E-state index contributed by atoms with van der Waals surface area (Å²) in [5.41, 5.74) is -0.853. The fraction of sp³-hybridized carbons (Fsp3) is 0.208. The first-order valence-electron chi connectivity index (χ1n) is 9.57. The average molecular weight is 408 g/mol. The van der Waals surface area contributed by atoms with Crippen LogP contribution in [0.2, 0.25) is 0 Å². The van der Waals surface area contributed by atoms with Gasteiger partial charge in [-0.3, -0.25) is 14.4 Å². The highest BCUT2D eigenvalue weighted by Gasteiger charge is 2.56. The molecule has 2 unspecified atom stereocenters. The van der Waals surface area contributed by atoms with Crippen LogP contribution in [0.5, 0.6) is 0 Å². The summed E-state index contributed by atoms with van der Waals surface area (Å²) in [5.74, 6) is -4.52. The van der Waals surface area contributed by atoms with Gasteiger partial charge in [0.25, 0.3) is 0 Å². The summed E-state index contributed by atoms with van der Waals surface area (Å²) < 4.78 is 26.8. The van der Waals surface area contributed by atoms with Crippen molar-refractivity contribution in [3.63, 3.8) is 0 Å². The second-order valence-corrected chi connectivity index (χ2v) is 7.59. The van der Waals surface area contributed by atoms with Gasteiger partial charge in [-0.05, 0) is 61.4 Å². The molecule has 4 nitrogen and oxygen atoms in total. The highest BCUT2D eigenvalue weighted by molar-refractivity contribution is 6.22. The van der Waals surface area contributed by atoms with Crippen molar-refractivity contribution in [2.75, 3.05) is 0 Å². The van der Waals surface area contributed by atoms with Gasteiger partial charge in [-0.2, -0.15) is 0 Å². The highest BCUT2D eigenvalue weighted by atomic mass is 19.1. The van der Waals surface area contributed by atoms with Gasteiger partial charge >= 0.3 is 5.97 Å². The summed E-state index contributed by atoms with van der Waals surface area (Å²) in [4.78, 5) is 39.1. The molecule has 0 bridgehead atoms. The van der Waals surface area contributed by atoms with Gasteiger partial charge in [0.1, 0.15) is 17.0 Å². The van der Waals surface area contributed by atoms with Crippen molar-refractivity contribution in [3.05, 3.63) is 95.1 Å². The third-order valence-electron chi connectivity index (χ3n) is 6.01. The quantitative estimate of drug-likeness (QED) is 0.579. The molecular formula is C24H18F2O4. The zero-order chi connectivity index (χ0) is 21.5. The van der Waals surface area contributed by atoms with Crippen molar-refractivity contribution in [1.29, 1.82) is 0 Å². The van der Waals surface area contributed by atoms with Gasteiger partial charge in [-0.15, -0.1) is 0 Å². The molecule has 6 heteroatoms. The number of carboxylic acids is 1. The van der Waals surface area contributed by atoms with Crippen molar-refractivity contribution in [2.45, 2.75) is 12.8 Å². The van der Waals surface area contributed by atoms with E-state index in [2.05, 4.69) is 0 Å². The first-order chi connectivity index (χ1) is 14.3. The number of aliphatic carboxylic acids is 1. The molecule has 0 spiro atoms. The van der Waals surface area contributed by atoms with Gasteiger partial charge < -0.3 is 5.11 Å². The molecule has 2 aliphatic rings. The molecule has 1 fully saturated rings. The Bertz CT molecular complexity index is 1020. The Kier molecular flexibility index (Phi) is 4.94. The van der Waals surface area contributed by atoms with Crippen LogP contribution in [0.4, 0.5) is 8.78 Å². The maximum absolute atomic E-state index is 13.7. The van der Waals surface area contributed by atoms with E-state index in [0.29, 0.717) is 18.4 Å². The van der Waals surface area contributed by atoms with Crippen molar-refractivity contribution in [3.8, 4) is 0 Å². The number of hydrogen-bond acceptors (Lipinski definition) is 3. The van der Waals surface area contributed by atoms with E-state index < -0.39 is 46.4 Å². The standard InChI is InChI=1S/C24H18F2O4/c25-16-7-3-14(4-8-16)21(27)24(22(28)15-5-9-17(26)10-6-15)13-1-2-18-19(23(29)30)11-12-20(18)24/h1-10,13,19-20H,11-12H2,(H,29,30). The summed E-state index contributed by atoms with van der Waals surface area (Å²) in [5, 5.41) is 9.58. The van der Waals surface area contributed by atoms with Gasteiger partial charge in [0.15, 0.2) is 11.6 Å². The average Bonchev–Trinajstić information content (AvgIpc) is 3.19. The number of Topliss-reactive ketones (excluding diaryl/α,β-unsaturated/α-hetero) is 2. The molecular weight excluding hydrogens is 390 g/mol. The third-order valence-corrected chi connectivity index (χ3v) is 6.01. The van der Waals surface area contributed by atoms with Crippen LogP contribution < -0.4 is 0 Å². The lowest BCUT2D eigenvalue weighted by Gasteiger charge is -2.37. The Morgan fingerprint density at radius 2 is 1.33 bits per heavy atom. The number of rotatable bonds is 5. The minimum absolute atomic E-state index is 0.150. The van der Waals surface area contributed by atoms with Crippen molar-refractivity contribution in [1.82, 2.24) is 0 Å². The third kappa shape index (κ3) is 3.09. The fourth-order valence-electron chi connectivity index (χ4n) is 4.58. The van der Waals surface area contributed by atoms with Crippen LogP contribution >= 0.6 is 0 Å². The maximum atomic E-state index is 13.7. The van der Waals surface area contributed by atoms with E-state index in [1.807, 2.05) is 0 Å². The van der Waals surface area contributed by atoms with Crippen LogP contribution in [0.15, 0.2) is 72.3 Å². The summed E-state index contributed by atoms with van der Waals surface area (Å²) in [7, 11) is 0. The Balaban J connectivity index is 1.87. The predicted octanol–water partition coefficient (Wildman–Crippen LogP) is 4.62. The van der Waals surface area contributed by atoms with Gasteiger partial charge in [0.2, 0.25) is 0 Å². The molecule has 0 aromatic heterocycles. The molecule has 2 aromatic rings. The number of carbonyl (C=O) groups is 3. The molecule has 2 aliphatic carbocycles. The number of fused-ring (bicyclic) bond motifs is 1. The Morgan fingerprint density at radius 3 is 1.80 bits per heavy atom. The molecule has 1 N–H and O–H groups in total. The van der Waals surface area contributed by atoms with Gasteiger partial charge in [-0.25, -0.2) is 8.78 Å². The summed E-state index contributed by atoms with van der Waals surface area (Å²) in [6, 6.07) is 9.81.